The molecule has 2 aromatic heterocycles. The van der Waals surface area contributed by atoms with Crippen molar-refractivity contribution in [1.82, 2.24) is 19.1 Å². The van der Waals surface area contributed by atoms with Crippen LogP contribution in [-0.2, 0) is 15.4 Å². The third kappa shape index (κ3) is 3.34. The number of fused-ring (bicyclic) bond motifs is 2. The van der Waals surface area contributed by atoms with Gasteiger partial charge in [-0.15, -0.1) is 11.3 Å². The van der Waals surface area contributed by atoms with E-state index in [1.54, 1.807) is 21.9 Å². The van der Waals surface area contributed by atoms with Crippen LogP contribution in [0.1, 0.15) is 22.6 Å². The van der Waals surface area contributed by atoms with Gasteiger partial charge < -0.3 is 0 Å². The molecule has 0 spiro atoms. The topological polar surface area (TPSA) is 68.1 Å². The van der Waals surface area contributed by atoms with Crippen LogP contribution in [0.15, 0.2) is 88.8 Å². The Morgan fingerprint density at radius 1 is 1.05 bits per heavy atom. The van der Waals surface area contributed by atoms with Crippen LogP contribution in [0.5, 0.6) is 0 Å². The summed E-state index contributed by atoms with van der Waals surface area (Å²) in [5, 5.41) is 5.56. The first-order valence-electron chi connectivity index (χ1n) is 12.1. The molecule has 9 heteroatoms. The number of nitrogens with zero attached hydrogens (tertiary/aromatic N) is 4. The van der Waals surface area contributed by atoms with Gasteiger partial charge >= 0.3 is 0 Å². The fourth-order valence-corrected chi connectivity index (χ4v) is 8.80. The molecule has 0 N–H and O–H groups in total. The van der Waals surface area contributed by atoms with Gasteiger partial charge in [-0.2, -0.15) is 9.40 Å². The second-order valence-corrected chi connectivity index (χ2v) is 13.0. The highest BCUT2D eigenvalue weighted by Gasteiger charge is 2.71. The van der Waals surface area contributed by atoms with E-state index in [2.05, 4.69) is 41.3 Å². The molecule has 2 aliphatic rings. The normalized spacial score (nSPS) is 23.4. The Morgan fingerprint density at radius 3 is 2.57 bits per heavy atom. The largest absolute Gasteiger partial charge is 0.254 e. The SMILES string of the molecule is Cc1cc2c(cnn2-c2ccc(F)cc2)cc1C12CN(S(=O)(=O)c3cncs3)CC1C2c1ccccc1. The van der Waals surface area contributed by atoms with Crippen molar-refractivity contribution in [2.24, 2.45) is 5.92 Å². The molecule has 1 saturated carbocycles. The summed E-state index contributed by atoms with van der Waals surface area (Å²) in [6.45, 7) is 2.99. The van der Waals surface area contributed by atoms with Gasteiger partial charge in [-0.1, -0.05) is 30.3 Å². The summed E-state index contributed by atoms with van der Waals surface area (Å²) in [7, 11) is -3.60. The van der Waals surface area contributed by atoms with E-state index < -0.39 is 10.0 Å². The summed E-state index contributed by atoms with van der Waals surface area (Å²) < 4.78 is 44.1. The highest BCUT2D eigenvalue weighted by Crippen LogP contribution is 2.70. The van der Waals surface area contributed by atoms with Crippen molar-refractivity contribution >= 4 is 32.3 Å². The second kappa shape index (κ2) is 8.05. The summed E-state index contributed by atoms with van der Waals surface area (Å²) in [6.07, 6.45) is 3.26. The molecule has 3 aromatic carbocycles. The van der Waals surface area contributed by atoms with E-state index in [1.807, 2.05) is 29.1 Å². The minimum absolute atomic E-state index is 0.181. The van der Waals surface area contributed by atoms with Crippen LogP contribution in [-0.4, -0.2) is 40.6 Å². The quantitative estimate of drug-likeness (QED) is 0.310. The molecular weight excluding hydrogens is 507 g/mol. The zero-order valence-electron chi connectivity index (χ0n) is 20.0. The number of sulfonamides is 1. The molecule has 0 radical (unpaired) electrons. The standard InChI is InChI=1S/C28H23FN4O2S2/c1-18-11-25-20(13-31-33(25)22-9-7-21(29)8-10-22)12-23(18)28-16-32(37(34,35)26-14-30-17-36-26)15-24(28)27(28)19-5-3-2-4-6-19/h2-14,17,24,27H,15-16H2,1H3. The number of thiazole rings is 1. The maximum Gasteiger partial charge on any atom is 0.254 e. The van der Waals surface area contributed by atoms with E-state index in [9.17, 15) is 12.8 Å². The predicted octanol–water partition coefficient (Wildman–Crippen LogP) is 5.29. The zero-order chi connectivity index (χ0) is 25.4. The average Bonchev–Trinajstić information content (AvgIpc) is 3.41. The summed E-state index contributed by atoms with van der Waals surface area (Å²) in [4.78, 5) is 3.99. The maximum atomic E-state index is 13.5. The van der Waals surface area contributed by atoms with Gasteiger partial charge in [0.05, 0.1) is 29.1 Å². The van der Waals surface area contributed by atoms with Gasteiger partial charge in [0, 0.05) is 29.8 Å². The minimum atomic E-state index is -3.60. The van der Waals surface area contributed by atoms with Gasteiger partial charge in [-0.25, -0.2) is 17.5 Å². The number of hydrogen-bond donors (Lipinski definition) is 0. The highest BCUT2D eigenvalue weighted by atomic mass is 32.2. The molecule has 186 valence electrons. The molecule has 3 atom stereocenters. The zero-order valence-corrected chi connectivity index (χ0v) is 21.6. The molecule has 1 saturated heterocycles. The first kappa shape index (κ1) is 22.8. The second-order valence-electron chi connectivity index (χ2n) is 9.91. The molecule has 3 unspecified atom stereocenters. The number of aryl methyl sites for hydroxylation is 1. The molecule has 0 bridgehead atoms. The Labute approximate surface area is 218 Å². The molecule has 2 fully saturated rings. The van der Waals surface area contributed by atoms with E-state index in [0.717, 1.165) is 33.5 Å². The predicted molar refractivity (Wildman–Crippen MR) is 141 cm³/mol. The van der Waals surface area contributed by atoms with Crippen molar-refractivity contribution < 1.29 is 12.8 Å². The van der Waals surface area contributed by atoms with Gasteiger partial charge in [0.1, 0.15) is 5.82 Å². The van der Waals surface area contributed by atoms with Crippen LogP contribution in [0.4, 0.5) is 4.39 Å². The first-order chi connectivity index (χ1) is 17.9. The lowest BCUT2D eigenvalue weighted by molar-refractivity contribution is 0.422. The average molecular weight is 531 g/mol. The van der Waals surface area contributed by atoms with E-state index >= 15 is 0 Å². The van der Waals surface area contributed by atoms with Crippen LogP contribution < -0.4 is 0 Å². The van der Waals surface area contributed by atoms with Gasteiger partial charge in [0.2, 0.25) is 0 Å². The highest BCUT2D eigenvalue weighted by molar-refractivity contribution is 7.91. The number of piperidine rings is 1. The summed E-state index contributed by atoms with van der Waals surface area (Å²) in [6, 6.07) is 21.0. The Kier molecular flexibility index (Phi) is 4.95. The molecule has 37 heavy (non-hydrogen) atoms. The van der Waals surface area contributed by atoms with E-state index in [1.165, 1.54) is 29.5 Å². The fourth-order valence-electron chi connectivity index (χ4n) is 6.33. The number of aromatic nitrogens is 3. The first-order valence-corrected chi connectivity index (χ1v) is 14.4. The van der Waals surface area contributed by atoms with E-state index in [-0.39, 0.29) is 27.3 Å². The third-order valence-corrected chi connectivity index (χ3v) is 11.1. The van der Waals surface area contributed by atoms with Crippen molar-refractivity contribution in [3.05, 3.63) is 107 Å². The lowest BCUT2D eigenvalue weighted by Crippen LogP contribution is -2.34. The van der Waals surface area contributed by atoms with Crippen molar-refractivity contribution in [3.8, 4) is 5.69 Å². The molecule has 1 aliphatic carbocycles. The Bertz CT molecular complexity index is 1730. The molecule has 0 amide bonds. The molecule has 3 heterocycles. The third-order valence-electron chi connectivity index (χ3n) is 8.00. The van der Waals surface area contributed by atoms with E-state index in [4.69, 9.17) is 0 Å². The van der Waals surface area contributed by atoms with Gasteiger partial charge in [0.15, 0.2) is 4.21 Å². The van der Waals surface area contributed by atoms with Gasteiger partial charge in [-0.05, 0) is 65.9 Å². The monoisotopic (exact) mass is 530 g/mol. The summed E-state index contributed by atoms with van der Waals surface area (Å²) in [5.74, 6) is 0.134. The number of rotatable bonds is 5. The number of hydrogen-bond acceptors (Lipinski definition) is 5. The van der Waals surface area contributed by atoms with Crippen molar-refractivity contribution in [3.63, 3.8) is 0 Å². The number of benzene rings is 3. The lowest BCUT2D eigenvalue weighted by Gasteiger charge is -2.25. The van der Waals surface area contributed by atoms with Crippen LogP contribution in [0.3, 0.4) is 0 Å². The smallest absolute Gasteiger partial charge is 0.252 e. The van der Waals surface area contributed by atoms with Crippen LogP contribution in [0.25, 0.3) is 16.6 Å². The fraction of sp³-hybridized carbons (Fsp3) is 0.214. The molecular formula is C28H23FN4O2S2. The molecule has 5 aromatic rings. The summed E-state index contributed by atoms with van der Waals surface area (Å²) >= 11 is 1.16. The van der Waals surface area contributed by atoms with Gasteiger partial charge in [-0.3, -0.25) is 4.98 Å². The summed E-state index contributed by atoms with van der Waals surface area (Å²) in [5.41, 5.74) is 6.47. The molecule has 1 aliphatic heterocycles. The lowest BCUT2D eigenvalue weighted by atomic mass is 9.87. The Hall–Kier alpha value is -3.40. The molecule has 7 rings (SSSR count). The Morgan fingerprint density at radius 2 is 1.84 bits per heavy atom. The van der Waals surface area contributed by atoms with Crippen LogP contribution in [0.2, 0.25) is 0 Å². The molecule has 6 nitrogen and oxygen atoms in total. The van der Waals surface area contributed by atoms with Crippen molar-refractivity contribution in [2.75, 3.05) is 13.1 Å². The van der Waals surface area contributed by atoms with Crippen molar-refractivity contribution in [1.29, 1.82) is 0 Å². The van der Waals surface area contributed by atoms with Crippen LogP contribution in [0, 0.1) is 18.7 Å². The van der Waals surface area contributed by atoms with Gasteiger partial charge in [0.25, 0.3) is 10.0 Å². The van der Waals surface area contributed by atoms with Crippen LogP contribution >= 0.6 is 11.3 Å². The minimum Gasteiger partial charge on any atom is -0.252 e. The number of halogens is 1. The Balaban J connectivity index is 1.34. The van der Waals surface area contributed by atoms with E-state index in [0.29, 0.717) is 13.1 Å². The van der Waals surface area contributed by atoms with Crippen molar-refractivity contribution in [2.45, 2.75) is 22.5 Å². The maximum absolute atomic E-state index is 13.5.